The van der Waals surface area contributed by atoms with Crippen molar-refractivity contribution in [3.63, 3.8) is 0 Å². The lowest BCUT2D eigenvalue weighted by Gasteiger charge is -2.27. The molecular formula is C16H23N7. The summed E-state index contributed by atoms with van der Waals surface area (Å²) in [6.45, 7) is 5.99. The van der Waals surface area contributed by atoms with Crippen LogP contribution in [0.2, 0.25) is 0 Å². The molecule has 0 bridgehead atoms. The van der Waals surface area contributed by atoms with Crippen LogP contribution in [0, 0.1) is 11.3 Å². The van der Waals surface area contributed by atoms with Crippen LogP contribution < -0.4 is 10.2 Å². The van der Waals surface area contributed by atoms with Crippen LogP contribution in [0.3, 0.4) is 0 Å². The quantitative estimate of drug-likeness (QED) is 0.938. The highest BCUT2D eigenvalue weighted by Gasteiger charge is 2.15. The van der Waals surface area contributed by atoms with Gasteiger partial charge in [-0.15, -0.1) is 0 Å². The minimum atomic E-state index is 0.291. The third-order valence-corrected chi connectivity index (χ3v) is 3.51. The minimum absolute atomic E-state index is 0.291. The zero-order chi connectivity index (χ0) is 16.7. The van der Waals surface area contributed by atoms with E-state index in [0.29, 0.717) is 11.5 Å². The van der Waals surface area contributed by atoms with Crippen LogP contribution in [-0.4, -0.2) is 32.8 Å². The van der Waals surface area contributed by atoms with E-state index in [9.17, 15) is 5.26 Å². The van der Waals surface area contributed by atoms with Crippen molar-refractivity contribution in [2.75, 3.05) is 23.3 Å². The number of hydrogen-bond acceptors (Lipinski definition) is 6. The number of rotatable bonds is 3. The number of nitriles is 1. The molecule has 1 saturated heterocycles. The van der Waals surface area contributed by atoms with Gasteiger partial charge in [-0.3, -0.25) is 4.68 Å². The SMILES string of the molecule is CC.Cn1cc(Nc2nc(N3CCCCC3)cnc2C#N)cn1. The molecule has 23 heavy (non-hydrogen) atoms. The highest BCUT2D eigenvalue weighted by atomic mass is 15.3. The van der Waals surface area contributed by atoms with Crippen molar-refractivity contribution in [3.05, 3.63) is 24.3 Å². The second kappa shape index (κ2) is 8.13. The van der Waals surface area contributed by atoms with Gasteiger partial charge in [0.25, 0.3) is 0 Å². The van der Waals surface area contributed by atoms with E-state index in [0.717, 1.165) is 24.6 Å². The van der Waals surface area contributed by atoms with Gasteiger partial charge in [0, 0.05) is 26.3 Å². The number of nitrogens with zero attached hydrogens (tertiary/aromatic N) is 6. The summed E-state index contributed by atoms with van der Waals surface area (Å²) in [6.07, 6.45) is 8.81. The molecule has 2 aromatic rings. The number of nitrogens with one attached hydrogen (secondary N) is 1. The lowest BCUT2D eigenvalue weighted by molar-refractivity contribution is 0.573. The molecule has 122 valence electrons. The smallest absolute Gasteiger partial charge is 0.183 e. The first kappa shape index (κ1) is 16.7. The molecule has 1 fully saturated rings. The Hall–Kier alpha value is -2.62. The number of anilines is 3. The molecule has 0 aromatic carbocycles. The van der Waals surface area contributed by atoms with E-state index in [-0.39, 0.29) is 0 Å². The van der Waals surface area contributed by atoms with E-state index in [4.69, 9.17) is 0 Å². The van der Waals surface area contributed by atoms with E-state index >= 15 is 0 Å². The van der Waals surface area contributed by atoms with Crippen LogP contribution in [0.4, 0.5) is 17.3 Å². The first-order chi connectivity index (χ1) is 11.3. The molecule has 0 aliphatic carbocycles. The first-order valence-electron chi connectivity index (χ1n) is 8.04. The molecule has 0 radical (unpaired) electrons. The molecule has 7 heteroatoms. The van der Waals surface area contributed by atoms with E-state index in [2.05, 4.69) is 31.4 Å². The number of piperidine rings is 1. The van der Waals surface area contributed by atoms with Gasteiger partial charge in [-0.25, -0.2) is 9.97 Å². The Balaban J connectivity index is 0.000000924. The molecule has 0 saturated carbocycles. The van der Waals surface area contributed by atoms with Gasteiger partial charge in [-0.1, -0.05) is 13.8 Å². The summed E-state index contributed by atoms with van der Waals surface area (Å²) in [5, 5.41) is 16.4. The molecule has 1 aliphatic heterocycles. The summed E-state index contributed by atoms with van der Waals surface area (Å²) in [6, 6.07) is 2.07. The molecule has 1 N–H and O–H groups in total. The maximum atomic E-state index is 9.18. The first-order valence-corrected chi connectivity index (χ1v) is 8.04. The van der Waals surface area contributed by atoms with Crippen molar-refractivity contribution in [1.29, 1.82) is 5.26 Å². The second-order valence-corrected chi connectivity index (χ2v) is 5.11. The summed E-state index contributed by atoms with van der Waals surface area (Å²) in [4.78, 5) is 11.0. The average Bonchev–Trinajstić information content (AvgIpc) is 3.02. The van der Waals surface area contributed by atoms with Crippen molar-refractivity contribution in [2.45, 2.75) is 33.1 Å². The third kappa shape index (κ3) is 4.19. The van der Waals surface area contributed by atoms with E-state index < -0.39 is 0 Å². The van der Waals surface area contributed by atoms with Crippen LogP contribution in [0.1, 0.15) is 38.8 Å². The Morgan fingerprint density at radius 2 is 1.91 bits per heavy atom. The Bertz CT molecular complexity index is 665. The van der Waals surface area contributed by atoms with Gasteiger partial charge < -0.3 is 10.2 Å². The van der Waals surface area contributed by atoms with Crippen LogP contribution in [0.25, 0.3) is 0 Å². The van der Waals surface area contributed by atoms with Crippen LogP contribution in [0.5, 0.6) is 0 Å². The minimum Gasteiger partial charge on any atom is -0.355 e. The van der Waals surface area contributed by atoms with Crippen molar-refractivity contribution in [3.8, 4) is 6.07 Å². The van der Waals surface area contributed by atoms with E-state index in [1.165, 1.54) is 19.3 Å². The lowest BCUT2D eigenvalue weighted by atomic mass is 10.1. The molecule has 7 nitrogen and oxygen atoms in total. The predicted octanol–water partition coefficient (Wildman–Crippen LogP) is 2.84. The molecule has 0 unspecified atom stereocenters. The molecule has 0 atom stereocenters. The number of aromatic nitrogens is 4. The monoisotopic (exact) mass is 313 g/mol. The Kier molecular flexibility index (Phi) is 5.92. The standard InChI is InChI=1S/C14H17N7.C2H6/c1-20-10-11(8-17-20)18-14-12(7-15)16-9-13(19-14)21-5-3-2-4-6-21;1-2/h8-10H,2-6H2,1H3,(H,18,19);1-2H3. The van der Waals surface area contributed by atoms with Gasteiger partial charge in [0.1, 0.15) is 11.9 Å². The lowest BCUT2D eigenvalue weighted by Crippen LogP contribution is -2.30. The van der Waals surface area contributed by atoms with Crippen LogP contribution >= 0.6 is 0 Å². The normalized spacial score (nSPS) is 13.7. The largest absolute Gasteiger partial charge is 0.355 e. The van der Waals surface area contributed by atoms with Crippen molar-refractivity contribution >= 4 is 17.3 Å². The van der Waals surface area contributed by atoms with Gasteiger partial charge in [0.2, 0.25) is 0 Å². The summed E-state index contributed by atoms with van der Waals surface area (Å²) < 4.78 is 1.69. The zero-order valence-corrected chi connectivity index (χ0v) is 14.0. The predicted molar refractivity (Wildman–Crippen MR) is 90.6 cm³/mol. The number of aryl methyl sites for hydroxylation is 1. The molecule has 2 aromatic heterocycles. The molecule has 0 amide bonds. The summed E-state index contributed by atoms with van der Waals surface area (Å²) in [5.74, 6) is 1.30. The van der Waals surface area contributed by atoms with Gasteiger partial charge in [-0.2, -0.15) is 10.4 Å². The zero-order valence-electron chi connectivity index (χ0n) is 14.0. The fraction of sp³-hybridized carbons (Fsp3) is 0.500. The van der Waals surface area contributed by atoms with Gasteiger partial charge >= 0.3 is 0 Å². The molecule has 0 spiro atoms. The molecule has 1 aliphatic rings. The second-order valence-electron chi connectivity index (χ2n) is 5.11. The van der Waals surface area contributed by atoms with Gasteiger partial charge in [0.05, 0.1) is 18.1 Å². The summed E-state index contributed by atoms with van der Waals surface area (Å²) >= 11 is 0. The van der Waals surface area contributed by atoms with E-state index in [1.807, 2.05) is 27.1 Å². The Morgan fingerprint density at radius 3 is 2.52 bits per heavy atom. The maximum absolute atomic E-state index is 9.18. The van der Waals surface area contributed by atoms with Gasteiger partial charge in [-0.05, 0) is 19.3 Å². The van der Waals surface area contributed by atoms with E-state index in [1.54, 1.807) is 17.1 Å². The fourth-order valence-corrected chi connectivity index (χ4v) is 2.45. The number of hydrogen-bond donors (Lipinski definition) is 1. The summed E-state index contributed by atoms with van der Waals surface area (Å²) in [7, 11) is 1.84. The fourth-order valence-electron chi connectivity index (χ4n) is 2.45. The summed E-state index contributed by atoms with van der Waals surface area (Å²) in [5.41, 5.74) is 1.08. The highest BCUT2D eigenvalue weighted by Crippen LogP contribution is 2.22. The van der Waals surface area contributed by atoms with Crippen LogP contribution in [0.15, 0.2) is 18.6 Å². The Labute approximate surface area is 137 Å². The highest BCUT2D eigenvalue weighted by molar-refractivity contribution is 5.61. The van der Waals surface area contributed by atoms with Crippen molar-refractivity contribution < 1.29 is 0 Å². The Morgan fingerprint density at radius 1 is 1.17 bits per heavy atom. The van der Waals surface area contributed by atoms with Gasteiger partial charge in [0.15, 0.2) is 11.5 Å². The topological polar surface area (TPSA) is 82.7 Å². The molecule has 3 heterocycles. The maximum Gasteiger partial charge on any atom is 0.183 e. The average molecular weight is 313 g/mol. The molecular weight excluding hydrogens is 290 g/mol. The third-order valence-electron chi connectivity index (χ3n) is 3.51. The molecule has 3 rings (SSSR count). The van der Waals surface area contributed by atoms with Crippen molar-refractivity contribution in [2.24, 2.45) is 7.05 Å². The van der Waals surface area contributed by atoms with Crippen LogP contribution in [-0.2, 0) is 7.05 Å². The van der Waals surface area contributed by atoms with Crippen molar-refractivity contribution in [1.82, 2.24) is 19.7 Å².